The summed E-state index contributed by atoms with van der Waals surface area (Å²) in [5.41, 5.74) is -2.45. The maximum absolute atomic E-state index is 14.0. The van der Waals surface area contributed by atoms with Gasteiger partial charge in [0, 0.05) is 12.6 Å². The number of aliphatic hydroxyl groups is 3. The van der Waals surface area contributed by atoms with Gasteiger partial charge in [0.2, 0.25) is 5.95 Å². The molecule has 7 atom stereocenters. The lowest BCUT2D eigenvalue weighted by Crippen LogP contribution is -2.40. The summed E-state index contributed by atoms with van der Waals surface area (Å²) in [6, 6.07) is 0. The zero-order valence-electron chi connectivity index (χ0n) is 16.7. The third-order valence-electron chi connectivity index (χ3n) is 5.46. The maximum atomic E-state index is 14.0. The first kappa shape index (κ1) is 24.1. The zero-order chi connectivity index (χ0) is 22.2. The van der Waals surface area contributed by atoms with Gasteiger partial charge in [-0.05, 0) is 26.7 Å². The molecule has 1 aromatic heterocycles. The lowest BCUT2D eigenvalue weighted by Gasteiger charge is -2.37. The normalized spacial score (nSPS) is 31.1. The van der Waals surface area contributed by atoms with E-state index in [1.807, 2.05) is 4.98 Å². The molecule has 1 aromatic rings. The summed E-state index contributed by atoms with van der Waals surface area (Å²) in [5.74, 6) is -1.05. The van der Waals surface area contributed by atoms with E-state index < -0.39 is 54.6 Å². The number of aromatic amines is 1. The Morgan fingerprint density at radius 1 is 1.31 bits per heavy atom. The zero-order valence-corrected chi connectivity index (χ0v) is 17.6. The van der Waals surface area contributed by atoms with Crippen LogP contribution in [0.15, 0.2) is 11.0 Å². The smallest absolute Gasteiger partial charge is 0.359 e. The van der Waals surface area contributed by atoms with Gasteiger partial charge >= 0.3 is 13.3 Å². The molecule has 0 bridgehead atoms. The molecule has 0 spiro atoms. The number of aliphatic hydroxyl groups excluding tert-OH is 2. The molecule has 0 aliphatic carbocycles. The van der Waals surface area contributed by atoms with Gasteiger partial charge in [-0.15, -0.1) is 0 Å². The quantitative estimate of drug-likeness (QED) is 0.294. The molecular weight excluding hydrogens is 410 g/mol. The van der Waals surface area contributed by atoms with Gasteiger partial charge in [0.05, 0.1) is 17.3 Å². The van der Waals surface area contributed by atoms with Gasteiger partial charge in [-0.2, -0.15) is 4.39 Å². The molecule has 1 fully saturated rings. The van der Waals surface area contributed by atoms with Crippen LogP contribution in [0.2, 0.25) is 0 Å². The van der Waals surface area contributed by atoms with Gasteiger partial charge in [0.25, 0.3) is 0 Å². The molecule has 1 saturated heterocycles. The van der Waals surface area contributed by atoms with E-state index in [0.717, 1.165) is 6.20 Å². The Bertz CT molecular complexity index is 834. The number of hydrogen-bond acceptors (Lipinski definition) is 8. The van der Waals surface area contributed by atoms with Crippen molar-refractivity contribution in [1.82, 2.24) is 9.97 Å². The first-order valence-corrected chi connectivity index (χ1v) is 10.9. The third-order valence-corrected chi connectivity index (χ3v) is 7.69. The second kappa shape index (κ2) is 8.50. The monoisotopic (exact) mass is 438 g/mol. The van der Waals surface area contributed by atoms with Crippen molar-refractivity contribution < 1.29 is 38.4 Å². The summed E-state index contributed by atoms with van der Waals surface area (Å²) in [5, 5.41) is 28.9. The topological polar surface area (TPSA) is 162 Å². The Labute approximate surface area is 167 Å². The van der Waals surface area contributed by atoms with Crippen LogP contribution in [0.4, 0.5) is 4.39 Å². The Morgan fingerprint density at radius 2 is 1.93 bits per heavy atom. The fourth-order valence-corrected chi connectivity index (χ4v) is 4.42. The van der Waals surface area contributed by atoms with Crippen LogP contribution in [-0.4, -0.2) is 59.4 Å². The molecule has 166 valence electrons. The average molecular weight is 438 g/mol. The molecule has 29 heavy (non-hydrogen) atoms. The molecule has 10 nitrogen and oxygen atoms in total. The van der Waals surface area contributed by atoms with Crippen molar-refractivity contribution in [2.45, 2.75) is 82.3 Å². The lowest BCUT2D eigenvalue weighted by atomic mass is 9.92. The van der Waals surface area contributed by atoms with E-state index in [4.69, 9.17) is 9.26 Å². The summed E-state index contributed by atoms with van der Waals surface area (Å²) in [7, 11) is -4.47. The standard InChI is InChI=1S/C17H28FN2O8P/c1-5-16(3,28-29(25,26)17(4,24)6-2)7-10-11(21)12(22)13(27-10)9-8-19-15(23)20-14(9)18/h8,10-13,21-22,24H,5-7H2,1-4H3,(H,25,26)(H,19,20,23)/t10-,11?,12+,13+,16?,17?/m1/s1. The number of hydrogen-bond donors (Lipinski definition) is 5. The summed E-state index contributed by atoms with van der Waals surface area (Å²) >= 11 is 0. The molecule has 2 heterocycles. The molecule has 0 amide bonds. The molecule has 5 N–H and O–H groups in total. The van der Waals surface area contributed by atoms with Gasteiger partial charge in [-0.1, -0.05) is 13.8 Å². The maximum Gasteiger partial charge on any atom is 0.359 e. The highest BCUT2D eigenvalue weighted by Gasteiger charge is 2.50. The highest BCUT2D eigenvalue weighted by Crippen LogP contribution is 2.59. The fraction of sp³-hybridized carbons (Fsp3) is 0.765. The van der Waals surface area contributed by atoms with E-state index in [-0.39, 0.29) is 24.8 Å². The number of nitrogens with one attached hydrogen (secondary N) is 1. The van der Waals surface area contributed by atoms with Crippen molar-refractivity contribution >= 4 is 7.60 Å². The first-order chi connectivity index (χ1) is 13.3. The van der Waals surface area contributed by atoms with Crippen LogP contribution in [0.25, 0.3) is 0 Å². The van der Waals surface area contributed by atoms with Gasteiger partial charge < -0.3 is 29.5 Å². The van der Waals surface area contributed by atoms with E-state index in [1.165, 1.54) is 20.8 Å². The minimum atomic E-state index is -4.47. The van der Waals surface area contributed by atoms with Crippen LogP contribution in [0, 0.1) is 5.95 Å². The van der Waals surface area contributed by atoms with Gasteiger partial charge in [-0.3, -0.25) is 9.55 Å². The van der Waals surface area contributed by atoms with E-state index >= 15 is 0 Å². The van der Waals surface area contributed by atoms with Crippen molar-refractivity contribution in [1.29, 1.82) is 0 Å². The van der Waals surface area contributed by atoms with Crippen LogP contribution in [0.5, 0.6) is 0 Å². The van der Waals surface area contributed by atoms with Crippen LogP contribution in [-0.2, 0) is 13.8 Å². The number of ether oxygens (including phenoxy) is 1. The van der Waals surface area contributed by atoms with Crippen molar-refractivity contribution in [2.24, 2.45) is 0 Å². The molecule has 2 rings (SSSR count). The highest BCUT2D eigenvalue weighted by molar-refractivity contribution is 7.54. The summed E-state index contributed by atoms with van der Waals surface area (Å²) in [6.45, 7) is 5.92. The molecule has 12 heteroatoms. The van der Waals surface area contributed by atoms with Crippen molar-refractivity contribution in [2.75, 3.05) is 0 Å². The van der Waals surface area contributed by atoms with Crippen LogP contribution in [0.3, 0.4) is 0 Å². The number of H-pyrrole nitrogens is 1. The largest absolute Gasteiger partial charge is 0.388 e. The van der Waals surface area contributed by atoms with Crippen molar-refractivity contribution in [3.63, 3.8) is 0 Å². The molecule has 1 aliphatic heterocycles. The fourth-order valence-electron chi connectivity index (χ4n) is 3.02. The van der Waals surface area contributed by atoms with E-state index in [2.05, 4.69) is 4.98 Å². The van der Waals surface area contributed by atoms with Gasteiger partial charge in [-0.25, -0.2) is 9.78 Å². The molecule has 1 aliphatic rings. The SMILES string of the molecule is CCC(C)(C[C@H]1O[C@@H](c2cnc(=O)[nH]c2F)[C@@H](O)C1O)OP(=O)(O)C(C)(O)CC. The average Bonchev–Trinajstić information content (AvgIpc) is 2.89. The highest BCUT2D eigenvalue weighted by atomic mass is 31.2. The van der Waals surface area contributed by atoms with E-state index in [0.29, 0.717) is 0 Å². The minimum Gasteiger partial charge on any atom is -0.388 e. The Morgan fingerprint density at radius 3 is 2.45 bits per heavy atom. The number of rotatable bonds is 8. The Balaban J connectivity index is 2.23. The van der Waals surface area contributed by atoms with Crippen molar-refractivity contribution in [3.8, 4) is 0 Å². The molecule has 4 unspecified atom stereocenters. The number of nitrogens with zero attached hydrogens (tertiary/aromatic N) is 1. The van der Waals surface area contributed by atoms with Crippen LogP contribution >= 0.6 is 7.60 Å². The van der Waals surface area contributed by atoms with Crippen molar-refractivity contribution in [3.05, 3.63) is 28.2 Å². The second-order valence-electron chi connectivity index (χ2n) is 7.72. The predicted molar refractivity (Wildman–Crippen MR) is 99.6 cm³/mol. The Kier molecular flexibility index (Phi) is 7.06. The molecular formula is C17H28FN2O8P. The molecule has 0 radical (unpaired) electrons. The number of halogens is 1. The van der Waals surface area contributed by atoms with E-state index in [9.17, 15) is 34.0 Å². The van der Waals surface area contributed by atoms with E-state index in [1.54, 1.807) is 6.92 Å². The lowest BCUT2D eigenvalue weighted by molar-refractivity contribution is -0.0536. The predicted octanol–water partition coefficient (Wildman–Crippen LogP) is 0.950. The molecule has 0 saturated carbocycles. The van der Waals surface area contributed by atoms with Gasteiger partial charge in [0.1, 0.15) is 18.3 Å². The summed E-state index contributed by atoms with van der Waals surface area (Å²) < 4.78 is 37.6. The van der Waals surface area contributed by atoms with Crippen LogP contribution in [0.1, 0.15) is 58.6 Å². The number of aromatic nitrogens is 2. The summed E-state index contributed by atoms with van der Waals surface area (Å²) in [6.07, 6.45) is -4.37. The Hall–Kier alpha value is -1.20. The summed E-state index contributed by atoms with van der Waals surface area (Å²) in [4.78, 5) is 26.6. The second-order valence-corrected chi connectivity index (χ2v) is 9.91. The minimum absolute atomic E-state index is 0.0254. The third kappa shape index (κ3) is 4.93. The first-order valence-electron chi connectivity index (χ1n) is 9.29. The van der Waals surface area contributed by atoms with Crippen LogP contribution < -0.4 is 5.69 Å². The molecule has 0 aromatic carbocycles. The van der Waals surface area contributed by atoms with Gasteiger partial charge in [0.15, 0.2) is 5.34 Å².